The zero-order chi connectivity index (χ0) is 20.4. The molecule has 1 aromatic heterocycles. The van der Waals surface area contributed by atoms with Crippen molar-refractivity contribution in [2.45, 2.75) is 13.5 Å². The molecular formula is C23H26N5O. The van der Waals surface area contributed by atoms with Gasteiger partial charge in [-0.2, -0.15) is 9.78 Å². The number of amides is 1. The average molecular weight is 388 g/mol. The molecule has 2 aromatic carbocycles. The van der Waals surface area contributed by atoms with Crippen LogP contribution in [0, 0.1) is 13.0 Å². The van der Waals surface area contributed by atoms with Crippen molar-refractivity contribution in [2.75, 3.05) is 33.2 Å². The minimum Gasteiger partial charge on any atom is -0.350 e. The molecule has 0 spiro atoms. The number of piperazine rings is 1. The van der Waals surface area contributed by atoms with E-state index >= 15 is 0 Å². The van der Waals surface area contributed by atoms with Crippen molar-refractivity contribution in [3.63, 3.8) is 0 Å². The van der Waals surface area contributed by atoms with Gasteiger partial charge in [-0.3, -0.25) is 4.90 Å². The van der Waals surface area contributed by atoms with E-state index in [1.54, 1.807) is 6.07 Å². The van der Waals surface area contributed by atoms with Crippen LogP contribution in [0.5, 0.6) is 0 Å². The lowest BCUT2D eigenvalue weighted by molar-refractivity contribution is 0.148. The molecule has 2 N–H and O–H groups in total. The Morgan fingerprint density at radius 2 is 2.00 bits per heavy atom. The molecule has 1 amide bonds. The zero-order valence-electron chi connectivity index (χ0n) is 16.9. The summed E-state index contributed by atoms with van der Waals surface area (Å²) in [5.41, 5.74) is 10.3. The van der Waals surface area contributed by atoms with E-state index in [-0.39, 0.29) is 0 Å². The molecule has 0 saturated carbocycles. The van der Waals surface area contributed by atoms with Gasteiger partial charge in [-0.1, -0.05) is 36.4 Å². The molecular weight excluding hydrogens is 362 g/mol. The summed E-state index contributed by atoms with van der Waals surface area (Å²) in [5.74, 6) is 0. The van der Waals surface area contributed by atoms with Crippen LogP contribution in [0.4, 0.5) is 4.79 Å². The molecule has 29 heavy (non-hydrogen) atoms. The first-order valence-electron chi connectivity index (χ1n) is 9.89. The van der Waals surface area contributed by atoms with E-state index in [4.69, 9.17) is 5.73 Å². The molecule has 1 radical (unpaired) electrons. The first kappa shape index (κ1) is 19.4. The van der Waals surface area contributed by atoms with Crippen LogP contribution < -0.4 is 5.73 Å². The fourth-order valence-electron chi connectivity index (χ4n) is 3.82. The minimum atomic E-state index is -0.588. The third-order valence-electron chi connectivity index (χ3n) is 5.46. The Balaban J connectivity index is 1.58. The Labute approximate surface area is 171 Å². The van der Waals surface area contributed by atoms with Crippen molar-refractivity contribution in [1.29, 1.82) is 0 Å². The number of hydrogen-bond donors (Lipinski definition) is 1. The van der Waals surface area contributed by atoms with Crippen LogP contribution in [0.15, 0.2) is 36.4 Å². The number of hydrogen-bond acceptors (Lipinski definition) is 4. The van der Waals surface area contributed by atoms with Gasteiger partial charge in [0, 0.05) is 38.1 Å². The topological polar surface area (TPSA) is 67.4 Å². The van der Waals surface area contributed by atoms with E-state index in [1.807, 2.05) is 25.1 Å². The van der Waals surface area contributed by atoms with Crippen molar-refractivity contribution in [3.05, 3.63) is 64.8 Å². The Morgan fingerprint density at radius 3 is 2.76 bits per heavy atom. The zero-order valence-corrected chi connectivity index (χ0v) is 16.9. The molecule has 3 aromatic rings. The van der Waals surface area contributed by atoms with Crippen molar-refractivity contribution in [2.24, 2.45) is 5.73 Å². The molecule has 1 saturated heterocycles. The van der Waals surface area contributed by atoms with Crippen molar-refractivity contribution >= 4 is 29.1 Å². The van der Waals surface area contributed by atoms with Gasteiger partial charge in [0.05, 0.1) is 11.2 Å². The molecule has 1 fully saturated rings. The van der Waals surface area contributed by atoms with E-state index in [1.165, 1.54) is 10.2 Å². The van der Waals surface area contributed by atoms with Gasteiger partial charge in [-0.15, -0.1) is 0 Å². The summed E-state index contributed by atoms with van der Waals surface area (Å²) in [5, 5.41) is 5.31. The van der Waals surface area contributed by atoms with Gasteiger partial charge >= 0.3 is 6.03 Å². The maximum Gasteiger partial charge on any atom is 0.340 e. The van der Waals surface area contributed by atoms with Crippen molar-refractivity contribution < 1.29 is 4.79 Å². The second-order valence-electron chi connectivity index (χ2n) is 7.66. The largest absolute Gasteiger partial charge is 0.350 e. The predicted molar refractivity (Wildman–Crippen MR) is 116 cm³/mol. The fourth-order valence-corrected chi connectivity index (χ4v) is 3.82. The van der Waals surface area contributed by atoms with Gasteiger partial charge in [0.15, 0.2) is 0 Å². The number of carbonyl (C=O) groups excluding carboxylic acids is 1. The molecule has 0 atom stereocenters. The third kappa shape index (κ3) is 4.23. The number of carbonyl (C=O) groups is 1. The van der Waals surface area contributed by atoms with Crippen LogP contribution in [-0.4, -0.2) is 58.8 Å². The Morgan fingerprint density at radius 1 is 1.21 bits per heavy atom. The maximum atomic E-state index is 11.7. The van der Waals surface area contributed by atoms with Gasteiger partial charge < -0.3 is 10.6 Å². The van der Waals surface area contributed by atoms with E-state index in [9.17, 15) is 4.79 Å². The normalized spacial score (nSPS) is 16.1. The highest BCUT2D eigenvalue weighted by Gasteiger charge is 2.15. The molecule has 0 bridgehead atoms. The van der Waals surface area contributed by atoms with Gasteiger partial charge in [0.25, 0.3) is 0 Å². The van der Waals surface area contributed by atoms with Gasteiger partial charge in [-0.25, -0.2) is 4.79 Å². The van der Waals surface area contributed by atoms with Gasteiger partial charge in [0.2, 0.25) is 0 Å². The van der Waals surface area contributed by atoms with Crippen LogP contribution in [0.1, 0.15) is 22.4 Å². The Bertz CT molecular complexity index is 1060. The van der Waals surface area contributed by atoms with Crippen LogP contribution >= 0.6 is 0 Å². The van der Waals surface area contributed by atoms with Crippen molar-refractivity contribution in [3.8, 4) is 0 Å². The number of nitrogens with two attached hydrogens (primary N) is 1. The molecule has 0 unspecified atom stereocenters. The van der Waals surface area contributed by atoms with E-state index in [2.05, 4.69) is 52.3 Å². The standard InChI is InChI=1S/C23H26N5O/c1-17-5-3-8-21-22(17)20(25-28(21)23(24)29)10-9-18-6-4-7-19(15-18)16-27-13-11-26(2)12-14-27/h3-4,6-10,15H,11-14,16H2,1-2H3,(H2,24,29). The molecule has 6 nitrogen and oxygen atoms in total. The number of primary amides is 1. The lowest BCUT2D eigenvalue weighted by Gasteiger charge is -2.32. The van der Waals surface area contributed by atoms with Crippen molar-refractivity contribution in [1.82, 2.24) is 19.6 Å². The van der Waals surface area contributed by atoms with Gasteiger partial charge in [0.1, 0.15) is 0 Å². The summed E-state index contributed by atoms with van der Waals surface area (Å²) in [6.07, 6.45) is 3.98. The molecule has 149 valence electrons. The monoisotopic (exact) mass is 388 g/mol. The molecule has 4 rings (SSSR count). The second kappa shape index (κ2) is 8.19. The highest BCUT2D eigenvalue weighted by molar-refractivity contribution is 5.97. The highest BCUT2D eigenvalue weighted by Crippen LogP contribution is 2.24. The highest BCUT2D eigenvalue weighted by atomic mass is 16.2. The fraction of sp³-hybridized carbons (Fsp3) is 0.304. The molecule has 1 aliphatic rings. The van der Waals surface area contributed by atoms with Crippen LogP contribution in [0.25, 0.3) is 23.1 Å². The molecule has 6 heteroatoms. The number of nitrogens with zero attached hydrogens (tertiary/aromatic N) is 4. The lowest BCUT2D eigenvalue weighted by Crippen LogP contribution is -2.43. The summed E-state index contributed by atoms with van der Waals surface area (Å²) in [4.78, 5) is 16.6. The second-order valence-corrected chi connectivity index (χ2v) is 7.66. The summed E-state index contributed by atoms with van der Waals surface area (Å²) in [6, 6.07) is 14.7. The Hall–Kier alpha value is -2.96. The summed E-state index contributed by atoms with van der Waals surface area (Å²) in [7, 11) is 2.17. The summed E-state index contributed by atoms with van der Waals surface area (Å²) >= 11 is 0. The number of rotatable bonds is 4. The van der Waals surface area contributed by atoms with E-state index in [0.29, 0.717) is 5.52 Å². The van der Waals surface area contributed by atoms with Crippen LogP contribution in [-0.2, 0) is 6.54 Å². The summed E-state index contributed by atoms with van der Waals surface area (Å²) in [6.45, 7) is 7.36. The van der Waals surface area contributed by atoms with Crippen LogP contribution in [0.3, 0.4) is 0 Å². The number of aromatic nitrogens is 2. The first-order valence-corrected chi connectivity index (χ1v) is 9.89. The smallest absolute Gasteiger partial charge is 0.340 e. The molecule has 1 aliphatic heterocycles. The van der Waals surface area contributed by atoms with Crippen LogP contribution in [0.2, 0.25) is 0 Å². The number of likely N-dealkylation sites (N-methyl/N-ethyl adjacent to an activating group) is 1. The third-order valence-corrected chi connectivity index (χ3v) is 5.46. The average Bonchev–Trinajstić information content (AvgIpc) is 3.09. The first-order chi connectivity index (χ1) is 14.0. The molecule has 2 heterocycles. The lowest BCUT2D eigenvalue weighted by atomic mass is 10.1. The van der Waals surface area contributed by atoms with E-state index in [0.717, 1.165) is 54.9 Å². The minimum absolute atomic E-state index is 0.588. The summed E-state index contributed by atoms with van der Waals surface area (Å²) < 4.78 is 1.25. The number of benzene rings is 2. The Kier molecular flexibility index (Phi) is 5.47. The number of fused-ring (bicyclic) bond motifs is 1. The van der Waals surface area contributed by atoms with Gasteiger partial charge in [-0.05, 0) is 48.9 Å². The maximum absolute atomic E-state index is 11.7. The number of aryl methyl sites for hydroxylation is 1. The quantitative estimate of drug-likeness (QED) is 0.746. The SMILES string of the molecule is Cc1[c]ccc2c1c(C=Cc1cccc(CN3CCN(C)CC3)c1)nn2C(N)=O. The van der Waals surface area contributed by atoms with E-state index < -0.39 is 6.03 Å². The molecule has 0 aliphatic carbocycles. The predicted octanol–water partition coefficient (Wildman–Crippen LogP) is 2.99.